The van der Waals surface area contributed by atoms with E-state index in [1.54, 1.807) is 36.4 Å². The molecule has 0 saturated carbocycles. The molecule has 1 saturated heterocycles. The van der Waals surface area contributed by atoms with E-state index in [1.165, 1.54) is 5.56 Å². The normalized spacial score (nSPS) is 23.5. The van der Waals surface area contributed by atoms with Crippen molar-refractivity contribution in [2.75, 3.05) is 6.54 Å². The monoisotopic (exact) mass is 483 g/mol. The zero-order chi connectivity index (χ0) is 25.1. The molecule has 0 aromatic heterocycles. The lowest BCUT2D eigenvalue weighted by molar-refractivity contribution is 0.0409. The second-order valence-corrected chi connectivity index (χ2v) is 10.2. The van der Waals surface area contributed by atoms with Gasteiger partial charge in [0.05, 0.1) is 5.92 Å². The lowest BCUT2D eigenvalue weighted by Crippen LogP contribution is -2.60. The van der Waals surface area contributed by atoms with Crippen molar-refractivity contribution in [1.29, 1.82) is 0 Å². The molecule has 3 atom stereocenters. The number of hydrogen-bond donors (Lipinski definition) is 0. The van der Waals surface area contributed by atoms with Gasteiger partial charge in [-0.3, -0.25) is 19.3 Å². The first kappa shape index (κ1) is 22.1. The molecule has 4 nitrogen and oxygen atoms in total. The van der Waals surface area contributed by atoms with E-state index in [9.17, 15) is 14.4 Å². The first-order valence-corrected chi connectivity index (χ1v) is 12.8. The van der Waals surface area contributed by atoms with Crippen LogP contribution < -0.4 is 0 Å². The van der Waals surface area contributed by atoms with E-state index in [1.807, 2.05) is 60.7 Å². The van der Waals surface area contributed by atoms with E-state index in [0.29, 0.717) is 23.2 Å². The molecule has 1 spiro atoms. The van der Waals surface area contributed by atoms with Crippen LogP contribution in [0.3, 0.4) is 0 Å². The first-order chi connectivity index (χ1) is 18.1. The minimum atomic E-state index is -1.57. The summed E-state index contributed by atoms with van der Waals surface area (Å²) < 4.78 is 0. The van der Waals surface area contributed by atoms with E-state index in [0.717, 1.165) is 17.5 Å². The number of carbonyl (C=O) groups excluding carboxylic acids is 3. The number of rotatable bonds is 3. The zero-order valence-electron chi connectivity index (χ0n) is 20.2. The van der Waals surface area contributed by atoms with Crippen molar-refractivity contribution in [3.05, 3.63) is 143 Å². The van der Waals surface area contributed by atoms with Crippen LogP contribution in [0, 0.1) is 5.92 Å². The van der Waals surface area contributed by atoms with Gasteiger partial charge in [0.1, 0.15) is 0 Å². The number of fused-ring (bicyclic) bond motifs is 5. The number of nitrogens with zero attached hydrogens (tertiary/aromatic N) is 1. The molecule has 180 valence electrons. The van der Waals surface area contributed by atoms with Crippen LogP contribution in [0.25, 0.3) is 0 Å². The summed E-state index contributed by atoms with van der Waals surface area (Å²) in [6.07, 6.45) is 0.721. The van der Waals surface area contributed by atoms with Gasteiger partial charge in [-0.2, -0.15) is 0 Å². The van der Waals surface area contributed by atoms with E-state index in [2.05, 4.69) is 17.0 Å². The summed E-state index contributed by atoms with van der Waals surface area (Å²) in [4.78, 5) is 45.7. The van der Waals surface area contributed by atoms with Crippen LogP contribution in [-0.2, 0) is 6.42 Å². The van der Waals surface area contributed by atoms with Gasteiger partial charge in [-0.1, -0.05) is 109 Å². The van der Waals surface area contributed by atoms with Crippen molar-refractivity contribution < 1.29 is 14.4 Å². The summed E-state index contributed by atoms with van der Waals surface area (Å²) in [5, 5.41) is 0. The SMILES string of the molecule is O=C(c1ccccc1)[C@H]1[C@H](c2ccccc2)[C@H]2c3ccccc3CCN2C12C(=O)c1ccccc1C2=O. The number of benzene rings is 4. The molecule has 3 aliphatic rings. The fourth-order valence-corrected chi connectivity index (χ4v) is 7.12. The summed E-state index contributed by atoms with van der Waals surface area (Å²) in [5.41, 5.74) is 3.07. The van der Waals surface area contributed by atoms with Gasteiger partial charge in [0.2, 0.25) is 0 Å². The molecule has 2 aliphatic heterocycles. The summed E-state index contributed by atoms with van der Waals surface area (Å²) in [5.74, 6) is -1.87. The predicted octanol–water partition coefficient (Wildman–Crippen LogP) is 5.70. The summed E-state index contributed by atoms with van der Waals surface area (Å²) in [7, 11) is 0. The number of Topliss-reactive ketones (excluding diaryl/α,β-unsaturated/α-hetero) is 3. The molecule has 4 heteroatoms. The largest absolute Gasteiger partial charge is 0.294 e. The third-order valence-corrected chi connectivity index (χ3v) is 8.57. The maximum Gasteiger partial charge on any atom is 0.192 e. The van der Waals surface area contributed by atoms with Crippen molar-refractivity contribution in [3.8, 4) is 0 Å². The first-order valence-electron chi connectivity index (χ1n) is 12.8. The van der Waals surface area contributed by atoms with Crippen LogP contribution in [-0.4, -0.2) is 34.3 Å². The van der Waals surface area contributed by atoms with E-state index in [-0.39, 0.29) is 29.3 Å². The number of hydrogen-bond acceptors (Lipinski definition) is 4. The van der Waals surface area contributed by atoms with Crippen molar-refractivity contribution in [3.63, 3.8) is 0 Å². The van der Waals surface area contributed by atoms with Gasteiger partial charge < -0.3 is 0 Å². The molecule has 0 unspecified atom stereocenters. The van der Waals surface area contributed by atoms with E-state index >= 15 is 0 Å². The van der Waals surface area contributed by atoms with Gasteiger partial charge in [0.15, 0.2) is 22.9 Å². The molecule has 4 aromatic rings. The molecule has 4 aromatic carbocycles. The Bertz CT molecular complexity index is 1520. The molecular weight excluding hydrogens is 458 g/mol. The van der Waals surface area contributed by atoms with Crippen LogP contribution in [0.15, 0.2) is 109 Å². The van der Waals surface area contributed by atoms with Gasteiger partial charge in [-0.05, 0) is 23.1 Å². The Balaban J connectivity index is 1.55. The molecule has 0 amide bonds. The van der Waals surface area contributed by atoms with Crippen LogP contribution >= 0.6 is 0 Å². The van der Waals surface area contributed by atoms with E-state index < -0.39 is 11.5 Å². The van der Waals surface area contributed by atoms with Gasteiger partial charge in [0, 0.05) is 35.2 Å². The average molecular weight is 484 g/mol. The van der Waals surface area contributed by atoms with Crippen LogP contribution in [0.1, 0.15) is 59.7 Å². The molecule has 7 rings (SSSR count). The third kappa shape index (κ3) is 2.90. The Labute approximate surface area is 215 Å². The number of ketones is 3. The maximum absolute atomic E-state index is 14.6. The summed E-state index contributed by atoms with van der Waals surface area (Å²) in [6.45, 7) is 0.537. The van der Waals surface area contributed by atoms with Crippen LogP contribution in [0.5, 0.6) is 0 Å². The van der Waals surface area contributed by atoms with Crippen molar-refractivity contribution in [2.45, 2.75) is 23.9 Å². The lowest BCUT2D eigenvalue weighted by atomic mass is 9.69. The predicted molar refractivity (Wildman–Crippen MR) is 141 cm³/mol. The Morgan fingerprint density at radius 1 is 0.703 bits per heavy atom. The Kier molecular flexibility index (Phi) is 4.89. The molecule has 2 heterocycles. The van der Waals surface area contributed by atoms with Gasteiger partial charge >= 0.3 is 0 Å². The molecule has 0 bridgehead atoms. The topological polar surface area (TPSA) is 54.5 Å². The molecular formula is C33H25NO3. The smallest absolute Gasteiger partial charge is 0.192 e. The Morgan fingerprint density at radius 2 is 1.27 bits per heavy atom. The van der Waals surface area contributed by atoms with Crippen molar-refractivity contribution >= 4 is 17.3 Å². The fraction of sp³-hybridized carbons (Fsp3) is 0.182. The number of carbonyl (C=O) groups is 3. The standard InChI is InChI=1S/C33H25NO3/c35-30(23-14-5-2-6-15-23)28-27(22-12-3-1-4-13-22)29-24-16-8-7-11-21(24)19-20-34(29)33(28)31(36)25-17-9-10-18-26(25)32(33)37/h1-18,27-29H,19-20H2/t27-,28+,29+/m0/s1. The minimum Gasteiger partial charge on any atom is -0.294 e. The quantitative estimate of drug-likeness (QED) is 0.277. The minimum absolute atomic E-state index is 0.157. The summed E-state index contributed by atoms with van der Waals surface area (Å²) >= 11 is 0. The fourth-order valence-electron chi connectivity index (χ4n) is 7.12. The van der Waals surface area contributed by atoms with Gasteiger partial charge in [-0.25, -0.2) is 0 Å². The molecule has 1 fully saturated rings. The average Bonchev–Trinajstić information content (AvgIpc) is 3.40. The third-order valence-electron chi connectivity index (χ3n) is 8.57. The lowest BCUT2D eigenvalue weighted by Gasteiger charge is -2.41. The highest BCUT2D eigenvalue weighted by Gasteiger charge is 2.72. The second kappa shape index (κ2) is 8.19. The highest BCUT2D eigenvalue weighted by atomic mass is 16.2. The van der Waals surface area contributed by atoms with Gasteiger partial charge in [-0.15, -0.1) is 0 Å². The molecule has 0 radical (unpaired) electrons. The zero-order valence-corrected chi connectivity index (χ0v) is 20.2. The van der Waals surface area contributed by atoms with Crippen molar-refractivity contribution in [1.82, 2.24) is 4.90 Å². The Morgan fingerprint density at radius 3 is 1.95 bits per heavy atom. The van der Waals surface area contributed by atoms with E-state index in [4.69, 9.17) is 0 Å². The highest BCUT2D eigenvalue weighted by Crippen LogP contribution is 2.61. The van der Waals surface area contributed by atoms with Crippen LogP contribution in [0.4, 0.5) is 0 Å². The Hall–Kier alpha value is -4.15. The van der Waals surface area contributed by atoms with Crippen LogP contribution in [0.2, 0.25) is 0 Å². The molecule has 0 N–H and O–H groups in total. The highest BCUT2D eigenvalue weighted by molar-refractivity contribution is 6.35. The maximum atomic E-state index is 14.6. The summed E-state index contributed by atoms with van der Waals surface area (Å²) in [6, 6.07) is 34.1. The van der Waals surface area contributed by atoms with Crippen molar-refractivity contribution in [2.24, 2.45) is 5.92 Å². The molecule has 37 heavy (non-hydrogen) atoms. The van der Waals surface area contributed by atoms with Gasteiger partial charge in [0.25, 0.3) is 0 Å². The second-order valence-electron chi connectivity index (χ2n) is 10.2. The molecule has 1 aliphatic carbocycles.